The van der Waals surface area contributed by atoms with Gasteiger partial charge < -0.3 is 19.5 Å². The third-order valence-electron chi connectivity index (χ3n) is 7.34. The topological polar surface area (TPSA) is 57.6 Å². The second kappa shape index (κ2) is 5.12. The molecule has 1 aromatic heterocycles. The van der Waals surface area contributed by atoms with E-state index in [9.17, 15) is 0 Å². The summed E-state index contributed by atoms with van der Waals surface area (Å²) in [6.45, 7) is 6.99. The molecule has 4 aliphatic rings. The number of rotatable bonds is 3. The zero-order valence-corrected chi connectivity index (χ0v) is 15.2. The van der Waals surface area contributed by atoms with Crippen molar-refractivity contribution >= 4 is 18.1 Å². The third kappa shape index (κ3) is 2.12. The Balaban J connectivity index is 1.35. The molecule has 2 heterocycles. The largest absolute Gasteiger partial charge is 0.475 e. The molecular weight excluding hydrogens is 313 g/mol. The summed E-state index contributed by atoms with van der Waals surface area (Å²) in [6, 6.07) is 8.08. The smallest absolute Gasteiger partial charge is 0.464 e. The van der Waals surface area contributed by atoms with Gasteiger partial charge in [0.15, 0.2) is 0 Å². The predicted octanol–water partition coefficient (Wildman–Crippen LogP) is 3.57. The highest BCUT2D eigenvalue weighted by molar-refractivity contribution is 6.47. The molecule has 3 aliphatic carbocycles. The van der Waals surface area contributed by atoms with E-state index in [4.69, 9.17) is 19.5 Å². The first kappa shape index (κ1) is 15.9. The van der Waals surface area contributed by atoms with Gasteiger partial charge in [0.25, 0.3) is 0 Å². The first-order chi connectivity index (χ1) is 11.9. The van der Waals surface area contributed by atoms with Crippen molar-refractivity contribution in [2.45, 2.75) is 57.7 Å². The second-order valence-corrected chi connectivity index (χ2v) is 8.96. The van der Waals surface area contributed by atoms with E-state index in [-0.39, 0.29) is 24.8 Å². The van der Waals surface area contributed by atoms with Crippen molar-refractivity contribution < 1.29 is 13.7 Å². The van der Waals surface area contributed by atoms with Crippen molar-refractivity contribution in [1.29, 1.82) is 0 Å². The normalized spacial score (nSPS) is 37.0. The molecule has 5 atom stereocenters. The Labute approximate surface area is 149 Å². The third-order valence-corrected chi connectivity index (χ3v) is 7.34. The standard InChI is InChI=1S/C20H26BNO3/c1-19(2)13-9-16(19)20(3)17(10-13)24-21(25-20)18(22)8-12-11-23-15-7-5-4-6-14(12)15/h4-7,11,13,16-18H,8-10,22H2,1-3H3/t13-,16?,17+,18-,20-/m0/s1. The highest BCUT2D eigenvalue weighted by Gasteiger charge is 2.68. The van der Waals surface area contributed by atoms with Crippen molar-refractivity contribution in [3.8, 4) is 0 Å². The molecule has 5 heteroatoms. The highest BCUT2D eigenvalue weighted by atomic mass is 16.7. The van der Waals surface area contributed by atoms with Crippen LogP contribution in [0, 0.1) is 17.3 Å². The molecule has 132 valence electrons. The van der Waals surface area contributed by atoms with E-state index in [1.54, 1.807) is 0 Å². The summed E-state index contributed by atoms with van der Waals surface area (Å²) in [6.07, 6.45) is 5.05. The second-order valence-electron chi connectivity index (χ2n) is 8.96. The van der Waals surface area contributed by atoms with Crippen LogP contribution < -0.4 is 5.73 Å². The Kier molecular flexibility index (Phi) is 3.26. The minimum absolute atomic E-state index is 0.182. The lowest BCUT2D eigenvalue weighted by Crippen LogP contribution is -2.65. The summed E-state index contributed by atoms with van der Waals surface area (Å²) < 4.78 is 18.4. The summed E-state index contributed by atoms with van der Waals surface area (Å²) in [4.78, 5) is 0. The van der Waals surface area contributed by atoms with Crippen molar-refractivity contribution in [3.05, 3.63) is 36.1 Å². The van der Waals surface area contributed by atoms with E-state index in [2.05, 4.69) is 26.8 Å². The quantitative estimate of drug-likeness (QED) is 0.869. The molecule has 1 unspecified atom stereocenters. The van der Waals surface area contributed by atoms with Crippen LogP contribution in [-0.4, -0.2) is 24.8 Å². The first-order valence-corrected chi connectivity index (χ1v) is 9.43. The van der Waals surface area contributed by atoms with Crippen molar-refractivity contribution in [3.63, 3.8) is 0 Å². The Hall–Kier alpha value is -1.30. The van der Waals surface area contributed by atoms with Crippen LogP contribution in [0.25, 0.3) is 11.0 Å². The molecule has 1 saturated heterocycles. The van der Waals surface area contributed by atoms with Crippen molar-refractivity contribution in [2.75, 3.05) is 0 Å². The number of fused-ring (bicyclic) bond motifs is 1. The van der Waals surface area contributed by atoms with Gasteiger partial charge in [-0.15, -0.1) is 0 Å². The van der Waals surface area contributed by atoms with E-state index < -0.39 is 0 Å². The van der Waals surface area contributed by atoms with Crippen LogP contribution >= 0.6 is 0 Å². The van der Waals surface area contributed by atoms with Gasteiger partial charge >= 0.3 is 7.12 Å². The maximum Gasteiger partial charge on any atom is 0.475 e. The molecule has 2 aromatic rings. The van der Waals surface area contributed by atoms with Gasteiger partial charge in [-0.2, -0.15) is 0 Å². The fourth-order valence-electron chi connectivity index (χ4n) is 5.62. The van der Waals surface area contributed by atoms with E-state index in [0.717, 1.165) is 28.9 Å². The maximum absolute atomic E-state index is 6.51. The summed E-state index contributed by atoms with van der Waals surface area (Å²) >= 11 is 0. The Bertz CT molecular complexity index is 818. The van der Waals surface area contributed by atoms with E-state index in [1.807, 2.05) is 24.5 Å². The van der Waals surface area contributed by atoms with Crippen molar-refractivity contribution in [1.82, 2.24) is 0 Å². The van der Waals surface area contributed by atoms with Gasteiger partial charge in [-0.1, -0.05) is 32.0 Å². The van der Waals surface area contributed by atoms with Gasteiger partial charge in [-0.3, -0.25) is 0 Å². The lowest BCUT2D eigenvalue weighted by atomic mass is 9.43. The number of para-hydroxylation sites is 1. The number of hydrogen-bond donors (Lipinski definition) is 1. The van der Waals surface area contributed by atoms with Gasteiger partial charge in [0.1, 0.15) is 5.58 Å². The van der Waals surface area contributed by atoms with E-state index >= 15 is 0 Å². The molecule has 2 N–H and O–H groups in total. The first-order valence-electron chi connectivity index (χ1n) is 9.43. The van der Waals surface area contributed by atoms with Crippen LogP contribution in [0.1, 0.15) is 39.2 Å². The predicted molar refractivity (Wildman–Crippen MR) is 98.0 cm³/mol. The molecule has 1 aromatic carbocycles. The van der Waals surface area contributed by atoms with Crippen LogP contribution in [0.3, 0.4) is 0 Å². The van der Waals surface area contributed by atoms with E-state index in [0.29, 0.717) is 17.8 Å². The lowest BCUT2D eigenvalue weighted by molar-refractivity contribution is -0.199. The van der Waals surface area contributed by atoms with Gasteiger partial charge in [0.2, 0.25) is 0 Å². The number of benzene rings is 1. The van der Waals surface area contributed by atoms with Crippen LogP contribution in [0.15, 0.2) is 34.9 Å². The Morgan fingerprint density at radius 1 is 1.24 bits per heavy atom. The Morgan fingerprint density at radius 2 is 2.04 bits per heavy atom. The summed E-state index contributed by atoms with van der Waals surface area (Å²) in [5, 5.41) is 1.13. The number of furan rings is 1. The average molecular weight is 339 g/mol. The van der Waals surface area contributed by atoms with Gasteiger partial charge in [0.05, 0.1) is 18.0 Å². The SMILES string of the molecule is CC1(C)C2C[C@H]1C[C@H]1OB([C@@H](N)Cc3coc4ccccc34)O[C@@]21C. The highest BCUT2D eigenvalue weighted by Crippen LogP contribution is 2.65. The molecule has 1 aliphatic heterocycles. The fraction of sp³-hybridized carbons (Fsp3) is 0.600. The van der Waals surface area contributed by atoms with Crippen LogP contribution in [0.5, 0.6) is 0 Å². The zero-order valence-electron chi connectivity index (χ0n) is 15.2. The van der Waals surface area contributed by atoms with Crippen molar-refractivity contribution in [2.24, 2.45) is 23.0 Å². The summed E-state index contributed by atoms with van der Waals surface area (Å²) in [5.41, 5.74) is 8.70. The monoisotopic (exact) mass is 339 g/mol. The van der Waals surface area contributed by atoms with Crippen LogP contribution in [0.2, 0.25) is 0 Å². The van der Waals surface area contributed by atoms with Crippen LogP contribution in [-0.2, 0) is 15.7 Å². The fourth-order valence-corrected chi connectivity index (χ4v) is 5.62. The Morgan fingerprint density at radius 3 is 2.84 bits per heavy atom. The maximum atomic E-state index is 6.51. The number of nitrogens with two attached hydrogens (primary N) is 1. The molecule has 4 nitrogen and oxygen atoms in total. The molecule has 25 heavy (non-hydrogen) atoms. The minimum Gasteiger partial charge on any atom is -0.464 e. The minimum atomic E-state index is -0.334. The molecule has 6 rings (SSSR count). The van der Waals surface area contributed by atoms with Crippen LogP contribution in [0.4, 0.5) is 0 Å². The average Bonchev–Trinajstić information content (AvgIpc) is 3.15. The molecule has 0 amide bonds. The van der Waals surface area contributed by atoms with Gasteiger partial charge in [-0.05, 0) is 55.1 Å². The zero-order chi connectivity index (χ0) is 17.4. The molecular formula is C20H26BNO3. The summed E-state index contributed by atoms with van der Waals surface area (Å²) in [5.74, 6) is 1.13. The molecule has 2 bridgehead atoms. The van der Waals surface area contributed by atoms with E-state index in [1.165, 1.54) is 6.42 Å². The lowest BCUT2D eigenvalue weighted by Gasteiger charge is -2.64. The molecule has 3 saturated carbocycles. The van der Waals surface area contributed by atoms with Gasteiger partial charge in [-0.25, -0.2) is 0 Å². The number of hydrogen-bond acceptors (Lipinski definition) is 4. The molecule has 0 radical (unpaired) electrons. The molecule has 4 fully saturated rings. The molecule has 0 spiro atoms. The summed E-state index contributed by atoms with van der Waals surface area (Å²) in [7, 11) is -0.334. The van der Waals surface area contributed by atoms with Gasteiger partial charge in [0, 0.05) is 11.3 Å².